The van der Waals surface area contributed by atoms with Crippen LogP contribution in [0.4, 0.5) is 0 Å². The molecule has 2 N–H and O–H groups in total. The molecule has 4 aliphatic rings. The van der Waals surface area contributed by atoms with Crippen LogP contribution in [-0.2, 0) is 23.2 Å². The molecule has 4 fully saturated rings. The Labute approximate surface area is 240 Å². The first-order chi connectivity index (χ1) is 19.4. The van der Waals surface area contributed by atoms with Crippen molar-refractivity contribution in [3.05, 3.63) is 64.7 Å². The fourth-order valence-electron chi connectivity index (χ4n) is 8.16. The number of unbranched alkanes of at least 4 members (excludes halogenated alkanes) is 3. The molecule has 5 heteroatoms. The molecule has 5 nitrogen and oxygen atoms in total. The van der Waals surface area contributed by atoms with Crippen molar-refractivity contribution in [3.63, 3.8) is 0 Å². The second kappa shape index (κ2) is 12.8. The third-order valence-electron chi connectivity index (χ3n) is 9.94. The van der Waals surface area contributed by atoms with Gasteiger partial charge in [-0.05, 0) is 110 Å². The van der Waals surface area contributed by atoms with Gasteiger partial charge < -0.3 is 15.2 Å². The highest BCUT2D eigenvalue weighted by molar-refractivity contribution is 5.94. The van der Waals surface area contributed by atoms with E-state index in [1.165, 1.54) is 56.9 Å². The van der Waals surface area contributed by atoms with Crippen LogP contribution in [-0.4, -0.2) is 23.6 Å². The summed E-state index contributed by atoms with van der Waals surface area (Å²) in [6, 6.07) is 14.3. The summed E-state index contributed by atoms with van der Waals surface area (Å²) >= 11 is 0. The average molecular weight is 546 g/mol. The number of aliphatic carboxylic acids is 1. The number of carbonyl (C=O) groups excluding carboxylic acids is 1. The first kappa shape index (κ1) is 28.7. The molecule has 0 spiro atoms. The monoisotopic (exact) mass is 545 g/mol. The second-order valence-electron chi connectivity index (χ2n) is 13.0. The third kappa shape index (κ3) is 6.56. The third-order valence-corrected chi connectivity index (χ3v) is 9.94. The zero-order valence-corrected chi connectivity index (χ0v) is 24.4. The van der Waals surface area contributed by atoms with E-state index in [-0.39, 0.29) is 5.91 Å². The summed E-state index contributed by atoms with van der Waals surface area (Å²) in [6.45, 7) is 5.08. The minimum Gasteiger partial charge on any atom is -0.493 e. The number of hydrogen-bond acceptors (Lipinski definition) is 3. The zero-order chi connectivity index (χ0) is 28.1. The summed E-state index contributed by atoms with van der Waals surface area (Å²) in [5, 5.41) is 12.6. The van der Waals surface area contributed by atoms with Crippen molar-refractivity contribution in [3.8, 4) is 5.75 Å². The lowest BCUT2D eigenvalue weighted by atomic mass is 9.48. The summed E-state index contributed by atoms with van der Waals surface area (Å²) in [5.74, 6) is 2.18. The minimum atomic E-state index is -0.773. The molecule has 1 amide bonds. The van der Waals surface area contributed by atoms with Gasteiger partial charge in [-0.2, -0.15) is 0 Å². The molecule has 1 atom stereocenters. The fourth-order valence-corrected chi connectivity index (χ4v) is 8.16. The van der Waals surface area contributed by atoms with E-state index >= 15 is 0 Å². The zero-order valence-electron chi connectivity index (χ0n) is 24.4. The summed E-state index contributed by atoms with van der Waals surface area (Å²) in [4.78, 5) is 24.8. The van der Waals surface area contributed by atoms with Gasteiger partial charge in [0.05, 0.1) is 12.5 Å². The first-order valence-corrected chi connectivity index (χ1v) is 15.7. The van der Waals surface area contributed by atoms with Gasteiger partial charge in [0.1, 0.15) is 5.75 Å². The maximum absolute atomic E-state index is 13.2. The van der Waals surface area contributed by atoms with Crippen molar-refractivity contribution < 1.29 is 19.4 Å². The number of carboxylic acid groups (broad SMARTS) is 1. The minimum absolute atomic E-state index is 0.0895. The fraction of sp³-hybridized carbons (Fsp3) is 0.600. The van der Waals surface area contributed by atoms with Crippen LogP contribution < -0.4 is 10.1 Å². The van der Waals surface area contributed by atoms with Gasteiger partial charge in [0.2, 0.25) is 0 Å². The van der Waals surface area contributed by atoms with Gasteiger partial charge in [0, 0.05) is 17.7 Å². The van der Waals surface area contributed by atoms with Gasteiger partial charge in [0.25, 0.3) is 5.91 Å². The predicted molar refractivity (Wildman–Crippen MR) is 159 cm³/mol. The normalized spacial score (nSPS) is 25.5. The Kier molecular flexibility index (Phi) is 9.17. The number of carboxylic acids is 1. The number of ether oxygens (including phenoxy) is 1. The molecule has 4 bridgehead atoms. The van der Waals surface area contributed by atoms with E-state index in [2.05, 4.69) is 24.4 Å². The number of amides is 1. The Morgan fingerprint density at radius 2 is 1.62 bits per heavy atom. The SMILES string of the molecule is CCCCCCOc1ccc(CC(CC)C(=O)O)cc1CNC(=O)c1ccc(C23CC4CC(CC(C4)C2)C3)cc1. The molecule has 0 heterocycles. The Bertz CT molecular complexity index is 1140. The quantitative estimate of drug-likeness (QED) is 0.239. The van der Waals surface area contributed by atoms with Crippen LogP contribution in [0.15, 0.2) is 42.5 Å². The Morgan fingerprint density at radius 1 is 0.950 bits per heavy atom. The topological polar surface area (TPSA) is 75.6 Å². The summed E-state index contributed by atoms with van der Waals surface area (Å²) < 4.78 is 6.12. The molecule has 40 heavy (non-hydrogen) atoms. The van der Waals surface area contributed by atoms with Crippen LogP contribution in [0.25, 0.3) is 0 Å². The van der Waals surface area contributed by atoms with Gasteiger partial charge in [-0.25, -0.2) is 0 Å². The van der Waals surface area contributed by atoms with Gasteiger partial charge in [-0.15, -0.1) is 0 Å². The van der Waals surface area contributed by atoms with Crippen molar-refractivity contribution in [1.29, 1.82) is 0 Å². The second-order valence-corrected chi connectivity index (χ2v) is 13.0. The molecule has 0 radical (unpaired) electrons. The van der Waals surface area contributed by atoms with Crippen molar-refractivity contribution >= 4 is 11.9 Å². The molecule has 2 aromatic rings. The molecule has 0 aromatic heterocycles. The Balaban J connectivity index is 1.24. The molecule has 4 saturated carbocycles. The van der Waals surface area contributed by atoms with Gasteiger partial charge >= 0.3 is 5.97 Å². The number of rotatable bonds is 14. The van der Waals surface area contributed by atoms with Gasteiger partial charge in [-0.1, -0.05) is 57.4 Å². The van der Waals surface area contributed by atoms with E-state index in [4.69, 9.17) is 4.74 Å². The smallest absolute Gasteiger partial charge is 0.306 e. The number of carbonyl (C=O) groups is 2. The van der Waals surface area contributed by atoms with E-state index in [1.54, 1.807) is 0 Å². The molecule has 4 aliphatic carbocycles. The molecular weight excluding hydrogens is 498 g/mol. The largest absolute Gasteiger partial charge is 0.493 e. The lowest BCUT2D eigenvalue weighted by Gasteiger charge is -2.57. The lowest BCUT2D eigenvalue weighted by Crippen LogP contribution is -2.48. The standard InChI is InChI=1S/C35H47NO4/c1-3-5-6-7-14-40-32-13-8-24(18-28(4-2)34(38)39)19-30(32)23-36-33(37)29-9-11-31(12-10-29)35-20-25-15-26(21-35)17-27(16-25)22-35/h8-13,19,25-28H,3-7,14-18,20-23H2,1-2H3,(H,36,37)(H,38,39). The summed E-state index contributed by atoms with van der Waals surface area (Å²) in [5.41, 5.74) is 4.30. The number of nitrogens with one attached hydrogen (secondary N) is 1. The van der Waals surface area contributed by atoms with Crippen molar-refractivity contribution in [2.75, 3.05) is 6.61 Å². The van der Waals surface area contributed by atoms with E-state index in [9.17, 15) is 14.7 Å². The van der Waals surface area contributed by atoms with E-state index in [0.29, 0.717) is 37.0 Å². The highest BCUT2D eigenvalue weighted by Gasteiger charge is 2.51. The first-order valence-electron chi connectivity index (χ1n) is 15.7. The van der Waals surface area contributed by atoms with Crippen molar-refractivity contribution in [1.82, 2.24) is 5.32 Å². The average Bonchev–Trinajstić information content (AvgIpc) is 2.94. The molecule has 2 aromatic carbocycles. The van der Waals surface area contributed by atoms with Crippen LogP contribution in [0, 0.1) is 23.7 Å². The molecular formula is C35H47NO4. The predicted octanol–water partition coefficient (Wildman–Crippen LogP) is 7.70. The van der Waals surface area contributed by atoms with Crippen LogP contribution in [0.3, 0.4) is 0 Å². The van der Waals surface area contributed by atoms with E-state index in [1.807, 2.05) is 37.3 Å². The van der Waals surface area contributed by atoms with E-state index in [0.717, 1.165) is 47.5 Å². The molecule has 216 valence electrons. The van der Waals surface area contributed by atoms with Crippen molar-refractivity contribution in [2.45, 2.75) is 103 Å². The van der Waals surface area contributed by atoms with Gasteiger partial charge in [0.15, 0.2) is 0 Å². The van der Waals surface area contributed by atoms with Crippen LogP contribution >= 0.6 is 0 Å². The van der Waals surface area contributed by atoms with Crippen LogP contribution in [0.5, 0.6) is 5.75 Å². The lowest BCUT2D eigenvalue weighted by molar-refractivity contribution is -0.141. The number of benzene rings is 2. The summed E-state index contributed by atoms with van der Waals surface area (Å²) in [7, 11) is 0. The highest BCUT2D eigenvalue weighted by atomic mass is 16.5. The van der Waals surface area contributed by atoms with E-state index < -0.39 is 11.9 Å². The van der Waals surface area contributed by atoms with Gasteiger partial charge in [-0.3, -0.25) is 9.59 Å². The Hall–Kier alpha value is -2.82. The Morgan fingerprint density at radius 3 is 2.23 bits per heavy atom. The van der Waals surface area contributed by atoms with Crippen LogP contribution in [0.1, 0.15) is 112 Å². The molecule has 0 saturated heterocycles. The number of hydrogen-bond donors (Lipinski definition) is 2. The van der Waals surface area contributed by atoms with Crippen LogP contribution in [0.2, 0.25) is 0 Å². The maximum atomic E-state index is 13.2. The maximum Gasteiger partial charge on any atom is 0.306 e. The molecule has 1 unspecified atom stereocenters. The van der Waals surface area contributed by atoms with Crippen molar-refractivity contribution in [2.24, 2.45) is 23.7 Å². The molecule has 0 aliphatic heterocycles. The molecule has 6 rings (SSSR count). The summed E-state index contributed by atoms with van der Waals surface area (Å²) in [6.07, 6.45) is 13.8. The highest BCUT2D eigenvalue weighted by Crippen LogP contribution is 2.60.